The Morgan fingerprint density at radius 3 is 2.21 bits per heavy atom. The summed E-state index contributed by atoms with van der Waals surface area (Å²) in [5.41, 5.74) is -1.04. The minimum Gasteiger partial charge on any atom is -0.296 e. The molecule has 7 nitrogen and oxygen atoms in total. The highest BCUT2D eigenvalue weighted by molar-refractivity contribution is 7.90. The summed E-state index contributed by atoms with van der Waals surface area (Å²) in [5.74, 6) is -0.841. The number of anilines is 1. The van der Waals surface area contributed by atoms with Crippen molar-refractivity contribution in [2.75, 3.05) is 5.32 Å². The van der Waals surface area contributed by atoms with Gasteiger partial charge in [-0.25, -0.2) is 0 Å². The van der Waals surface area contributed by atoms with E-state index in [1.165, 1.54) is 24.3 Å². The average molecular weight is 429 g/mol. The van der Waals surface area contributed by atoms with Crippen molar-refractivity contribution in [2.45, 2.75) is 11.1 Å². The van der Waals surface area contributed by atoms with Gasteiger partial charge in [-0.3, -0.25) is 14.9 Å². The monoisotopic (exact) mass is 429 g/mol. The summed E-state index contributed by atoms with van der Waals surface area (Å²) in [5, 5.41) is 5.50. The largest absolute Gasteiger partial charge is 0.416 e. The number of carbonyl (C=O) groups is 1. The van der Waals surface area contributed by atoms with E-state index in [1.807, 2.05) is 0 Å². The molecular formula is C16H10F3N3O4S2. The second-order valence-electron chi connectivity index (χ2n) is 5.36. The molecule has 1 N–H and O–H groups in total. The number of nitrogens with one attached hydrogen (secondary N) is 1. The van der Waals surface area contributed by atoms with Crippen molar-refractivity contribution in [3.8, 4) is 0 Å². The number of hydrogen-bond donors (Lipinski definition) is 1. The van der Waals surface area contributed by atoms with E-state index in [0.717, 1.165) is 24.3 Å². The number of aromatic nitrogens is 2. The molecule has 1 heterocycles. The van der Waals surface area contributed by atoms with Crippen LogP contribution in [-0.4, -0.2) is 23.5 Å². The lowest BCUT2D eigenvalue weighted by Crippen LogP contribution is -2.24. The minimum atomic E-state index is -4.54. The first-order valence-electron chi connectivity index (χ1n) is 7.48. The van der Waals surface area contributed by atoms with E-state index in [0.29, 0.717) is 11.3 Å². The SMILES string of the molecule is O=C(Nc1nn(S(=O)(=O)c2ccccc2)c(=O)s1)c1ccc(C(F)(F)F)cc1. The average Bonchev–Trinajstić information content (AvgIpc) is 3.03. The number of halogens is 3. The first-order chi connectivity index (χ1) is 13.1. The van der Waals surface area contributed by atoms with Gasteiger partial charge in [0.25, 0.3) is 15.9 Å². The van der Waals surface area contributed by atoms with Gasteiger partial charge in [0.05, 0.1) is 10.5 Å². The Bertz CT molecular complexity index is 1170. The lowest BCUT2D eigenvalue weighted by molar-refractivity contribution is -0.137. The summed E-state index contributed by atoms with van der Waals surface area (Å²) in [6.07, 6.45) is -4.54. The molecule has 0 saturated heterocycles. The number of benzene rings is 2. The summed E-state index contributed by atoms with van der Waals surface area (Å²) in [6, 6.07) is 10.5. The summed E-state index contributed by atoms with van der Waals surface area (Å²) in [6.45, 7) is 0. The normalized spacial score (nSPS) is 12.0. The molecule has 0 bridgehead atoms. The van der Waals surface area contributed by atoms with E-state index in [-0.39, 0.29) is 19.7 Å². The van der Waals surface area contributed by atoms with E-state index in [4.69, 9.17) is 0 Å². The third-order valence-corrected chi connectivity index (χ3v) is 5.90. The molecule has 1 aromatic heterocycles. The molecule has 0 saturated carbocycles. The van der Waals surface area contributed by atoms with Gasteiger partial charge in [0.1, 0.15) is 0 Å². The molecule has 0 radical (unpaired) electrons. The predicted octanol–water partition coefficient (Wildman–Crippen LogP) is 2.81. The number of rotatable bonds is 4. The lowest BCUT2D eigenvalue weighted by atomic mass is 10.1. The standard InChI is InChI=1S/C16H10F3N3O4S2/c17-16(18,19)11-8-6-10(7-9-11)13(23)20-14-21-22(15(24)27-14)28(25,26)12-4-2-1-3-5-12/h1-9H,(H,20,21,23). The van der Waals surface area contributed by atoms with Gasteiger partial charge in [0.2, 0.25) is 5.13 Å². The zero-order chi connectivity index (χ0) is 20.5. The van der Waals surface area contributed by atoms with Gasteiger partial charge in [0, 0.05) is 5.56 Å². The highest BCUT2D eigenvalue weighted by atomic mass is 32.2. The first-order valence-corrected chi connectivity index (χ1v) is 9.74. The molecule has 12 heteroatoms. The Hall–Kier alpha value is -2.99. The van der Waals surface area contributed by atoms with Crippen LogP contribution in [0.15, 0.2) is 64.3 Å². The fourth-order valence-corrected chi connectivity index (χ4v) is 4.23. The molecule has 0 atom stereocenters. The van der Waals surface area contributed by atoms with Crippen molar-refractivity contribution in [1.29, 1.82) is 0 Å². The summed E-state index contributed by atoms with van der Waals surface area (Å²) in [4.78, 5) is 23.0. The van der Waals surface area contributed by atoms with Crippen molar-refractivity contribution < 1.29 is 26.4 Å². The van der Waals surface area contributed by atoms with E-state index in [9.17, 15) is 31.2 Å². The third-order valence-electron chi connectivity index (χ3n) is 3.49. The van der Waals surface area contributed by atoms with Crippen LogP contribution in [0, 0.1) is 0 Å². The van der Waals surface area contributed by atoms with Crippen molar-refractivity contribution in [3.05, 3.63) is 75.4 Å². The molecule has 0 aliphatic rings. The number of alkyl halides is 3. The van der Waals surface area contributed by atoms with Crippen LogP contribution in [0.3, 0.4) is 0 Å². The van der Waals surface area contributed by atoms with E-state index >= 15 is 0 Å². The van der Waals surface area contributed by atoms with Gasteiger partial charge in [-0.05, 0) is 47.7 Å². The van der Waals surface area contributed by atoms with Crippen molar-refractivity contribution in [1.82, 2.24) is 9.19 Å². The maximum Gasteiger partial charge on any atom is 0.416 e. The lowest BCUT2D eigenvalue weighted by Gasteiger charge is -2.07. The van der Waals surface area contributed by atoms with Gasteiger partial charge in [-0.2, -0.15) is 21.6 Å². The second kappa shape index (κ2) is 7.20. The molecular weight excluding hydrogens is 419 g/mol. The molecule has 2 aromatic carbocycles. The van der Waals surface area contributed by atoms with Gasteiger partial charge >= 0.3 is 11.0 Å². The molecule has 3 rings (SSSR count). The molecule has 146 valence electrons. The highest BCUT2D eigenvalue weighted by Crippen LogP contribution is 2.29. The molecule has 0 unspecified atom stereocenters. The fourth-order valence-electron chi connectivity index (χ4n) is 2.14. The zero-order valence-electron chi connectivity index (χ0n) is 13.7. The van der Waals surface area contributed by atoms with Crippen LogP contribution >= 0.6 is 11.3 Å². The Morgan fingerprint density at radius 2 is 1.64 bits per heavy atom. The predicted molar refractivity (Wildman–Crippen MR) is 94.8 cm³/mol. The van der Waals surface area contributed by atoms with E-state index < -0.39 is 32.5 Å². The second-order valence-corrected chi connectivity index (χ2v) is 8.07. The topological polar surface area (TPSA) is 98.1 Å². The number of hydrogen-bond acceptors (Lipinski definition) is 6. The van der Waals surface area contributed by atoms with Crippen LogP contribution in [0.5, 0.6) is 0 Å². The maximum absolute atomic E-state index is 12.6. The molecule has 1 amide bonds. The maximum atomic E-state index is 12.6. The molecule has 28 heavy (non-hydrogen) atoms. The first kappa shape index (κ1) is 19.8. The van der Waals surface area contributed by atoms with E-state index in [1.54, 1.807) is 6.07 Å². The Kier molecular flexibility index (Phi) is 5.08. The minimum absolute atomic E-state index is 0.117. The van der Waals surface area contributed by atoms with Crippen LogP contribution in [0.25, 0.3) is 0 Å². The molecule has 0 fully saturated rings. The van der Waals surface area contributed by atoms with Crippen molar-refractivity contribution in [2.24, 2.45) is 0 Å². The van der Waals surface area contributed by atoms with Crippen molar-refractivity contribution >= 4 is 32.4 Å². The Labute approximate surface area is 160 Å². The van der Waals surface area contributed by atoms with Crippen LogP contribution in [0.2, 0.25) is 0 Å². The number of amides is 1. The number of nitrogens with zero attached hydrogens (tertiary/aromatic N) is 2. The summed E-state index contributed by atoms with van der Waals surface area (Å²) in [7, 11) is -4.24. The van der Waals surface area contributed by atoms with Gasteiger partial charge in [-0.1, -0.05) is 18.2 Å². The molecule has 0 spiro atoms. The zero-order valence-corrected chi connectivity index (χ0v) is 15.3. The Morgan fingerprint density at radius 1 is 1.04 bits per heavy atom. The van der Waals surface area contributed by atoms with Crippen LogP contribution in [0.1, 0.15) is 15.9 Å². The highest BCUT2D eigenvalue weighted by Gasteiger charge is 2.30. The van der Waals surface area contributed by atoms with Crippen LogP contribution in [-0.2, 0) is 16.2 Å². The van der Waals surface area contributed by atoms with Crippen LogP contribution < -0.4 is 10.2 Å². The van der Waals surface area contributed by atoms with E-state index in [2.05, 4.69) is 10.4 Å². The molecule has 0 aliphatic heterocycles. The summed E-state index contributed by atoms with van der Waals surface area (Å²) >= 11 is 0.371. The Balaban J connectivity index is 1.84. The van der Waals surface area contributed by atoms with Gasteiger partial charge in [-0.15, -0.1) is 9.19 Å². The third kappa shape index (κ3) is 3.97. The summed E-state index contributed by atoms with van der Waals surface area (Å²) < 4.78 is 62.8. The van der Waals surface area contributed by atoms with Gasteiger partial charge in [0.15, 0.2) is 0 Å². The molecule has 3 aromatic rings. The number of carbonyl (C=O) groups excluding carboxylic acids is 1. The van der Waals surface area contributed by atoms with Crippen molar-refractivity contribution in [3.63, 3.8) is 0 Å². The smallest absolute Gasteiger partial charge is 0.296 e. The fraction of sp³-hybridized carbons (Fsp3) is 0.0625. The quantitative estimate of drug-likeness (QED) is 0.688. The van der Waals surface area contributed by atoms with Gasteiger partial charge < -0.3 is 0 Å². The molecule has 0 aliphatic carbocycles. The van der Waals surface area contributed by atoms with Crippen LogP contribution in [0.4, 0.5) is 18.3 Å².